The zero-order chi connectivity index (χ0) is 9.94. The standard InChI is InChI=1S/C12H24/c1-9(2)11(4)10(3)8-12(5,6)7/h9H,8H2,1-7H3/b11-10-. The van der Waals surface area contributed by atoms with E-state index in [0.29, 0.717) is 11.3 Å². The van der Waals surface area contributed by atoms with E-state index in [1.165, 1.54) is 6.42 Å². The van der Waals surface area contributed by atoms with Crippen LogP contribution < -0.4 is 0 Å². The minimum absolute atomic E-state index is 0.431. The zero-order valence-corrected chi connectivity index (χ0v) is 9.78. The molecule has 0 rings (SSSR count). The Hall–Kier alpha value is -0.260. The van der Waals surface area contributed by atoms with Crippen LogP contribution in [0.1, 0.15) is 54.9 Å². The third-order valence-corrected chi connectivity index (χ3v) is 2.33. The summed E-state index contributed by atoms with van der Waals surface area (Å²) < 4.78 is 0. The van der Waals surface area contributed by atoms with Gasteiger partial charge in [-0.25, -0.2) is 0 Å². The Balaban J connectivity index is 4.38. The molecule has 0 fully saturated rings. The zero-order valence-electron chi connectivity index (χ0n) is 9.78. The SMILES string of the molecule is C/C(CC(C)(C)C)=C(\C)C(C)C. The molecule has 0 radical (unpaired) electrons. The van der Waals surface area contributed by atoms with E-state index in [4.69, 9.17) is 0 Å². The maximum absolute atomic E-state index is 2.30. The van der Waals surface area contributed by atoms with Gasteiger partial charge in [-0.1, -0.05) is 45.8 Å². The summed E-state index contributed by atoms with van der Waals surface area (Å²) in [7, 11) is 0. The molecule has 0 aromatic carbocycles. The lowest BCUT2D eigenvalue weighted by atomic mass is 9.85. The van der Waals surface area contributed by atoms with Crippen molar-refractivity contribution in [1.29, 1.82) is 0 Å². The van der Waals surface area contributed by atoms with Crippen molar-refractivity contribution in [3.8, 4) is 0 Å². The second-order valence-corrected chi connectivity index (χ2v) is 5.36. The number of hydrogen-bond donors (Lipinski definition) is 0. The van der Waals surface area contributed by atoms with E-state index in [1.54, 1.807) is 11.1 Å². The van der Waals surface area contributed by atoms with Gasteiger partial charge in [-0.3, -0.25) is 0 Å². The van der Waals surface area contributed by atoms with Crippen LogP contribution in [0.15, 0.2) is 11.1 Å². The molecule has 0 unspecified atom stereocenters. The first-order valence-corrected chi connectivity index (χ1v) is 4.90. The average Bonchev–Trinajstić information content (AvgIpc) is 1.82. The van der Waals surface area contributed by atoms with Crippen molar-refractivity contribution in [2.45, 2.75) is 54.9 Å². The molecule has 0 aliphatic heterocycles. The molecule has 0 aromatic heterocycles. The molecule has 0 aliphatic rings. The largest absolute Gasteiger partial charge is 0.0736 e. The maximum atomic E-state index is 2.30. The van der Waals surface area contributed by atoms with Crippen LogP contribution in [-0.2, 0) is 0 Å². The molecule has 0 spiro atoms. The molecule has 0 heteroatoms. The molecule has 0 bridgehead atoms. The quantitative estimate of drug-likeness (QED) is 0.536. The summed E-state index contributed by atoms with van der Waals surface area (Å²) in [5.74, 6) is 0.701. The molecule has 12 heavy (non-hydrogen) atoms. The maximum Gasteiger partial charge on any atom is -0.0260 e. The van der Waals surface area contributed by atoms with Crippen molar-refractivity contribution < 1.29 is 0 Å². The second kappa shape index (κ2) is 4.11. The van der Waals surface area contributed by atoms with E-state index in [0.717, 1.165) is 0 Å². The van der Waals surface area contributed by atoms with Crippen LogP contribution in [0.25, 0.3) is 0 Å². The van der Waals surface area contributed by atoms with Gasteiger partial charge >= 0.3 is 0 Å². The number of rotatable bonds is 2. The predicted molar refractivity (Wildman–Crippen MR) is 57.3 cm³/mol. The monoisotopic (exact) mass is 168 g/mol. The van der Waals surface area contributed by atoms with Crippen LogP contribution in [-0.4, -0.2) is 0 Å². The summed E-state index contributed by atoms with van der Waals surface area (Å²) >= 11 is 0. The van der Waals surface area contributed by atoms with Gasteiger partial charge in [0, 0.05) is 0 Å². The van der Waals surface area contributed by atoms with Gasteiger partial charge in [0.25, 0.3) is 0 Å². The topological polar surface area (TPSA) is 0 Å². The van der Waals surface area contributed by atoms with E-state index < -0.39 is 0 Å². The first kappa shape index (κ1) is 11.7. The molecule has 72 valence electrons. The van der Waals surface area contributed by atoms with Crippen LogP contribution in [0.5, 0.6) is 0 Å². The Morgan fingerprint density at radius 1 is 1.08 bits per heavy atom. The van der Waals surface area contributed by atoms with Gasteiger partial charge in [-0.2, -0.15) is 0 Å². The number of hydrogen-bond acceptors (Lipinski definition) is 0. The van der Waals surface area contributed by atoms with Gasteiger partial charge in [0.15, 0.2) is 0 Å². The van der Waals surface area contributed by atoms with Crippen molar-refractivity contribution in [2.75, 3.05) is 0 Å². The minimum Gasteiger partial charge on any atom is -0.0736 e. The fourth-order valence-electron chi connectivity index (χ4n) is 1.43. The summed E-state index contributed by atoms with van der Waals surface area (Å²) in [6.07, 6.45) is 1.22. The van der Waals surface area contributed by atoms with Gasteiger partial charge in [-0.15, -0.1) is 0 Å². The van der Waals surface area contributed by atoms with Crippen LogP contribution in [0, 0.1) is 11.3 Å². The average molecular weight is 168 g/mol. The number of allylic oxidation sites excluding steroid dienone is 2. The van der Waals surface area contributed by atoms with Crippen molar-refractivity contribution >= 4 is 0 Å². The highest BCUT2D eigenvalue weighted by Crippen LogP contribution is 2.27. The van der Waals surface area contributed by atoms with E-state index in [9.17, 15) is 0 Å². The van der Waals surface area contributed by atoms with Crippen molar-refractivity contribution in [3.63, 3.8) is 0 Å². The molecule has 0 atom stereocenters. The normalized spacial score (nSPS) is 15.0. The summed E-state index contributed by atoms with van der Waals surface area (Å²) in [6.45, 7) is 15.9. The molecule has 0 saturated carbocycles. The van der Waals surface area contributed by atoms with Gasteiger partial charge < -0.3 is 0 Å². The van der Waals surface area contributed by atoms with Gasteiger partial charge in [0.1, 0.15) is 0 Å². The Morgan fingerprint density at radius 3 is 1.75 bits per heavy atom. The van der Waals surface area contributed by atoms with Gasteiger partial charge in [-0.05, 0) is 31.6 Å². The first-order chi connectivity index (χ1) is 5.24. The van der Waals surface area contributed by atoms with Crippen molar-refractivity contribution in [3.05, 3.63) is 11.1 Å². The van der Waals surface area contributed by atoms with Gasteiger partial charge in [0.2, 0.25) is 0 Å². The Kier molecular flexibility index (Phi) is 4.02. The molecule has 0 N–H and O–H groups in total. The molecule has 0 nitrogen and oxygen atoms in total. The third-order valence-electron chi connectivity index (χ3n) is 2.33. The molecule has 0 amide bonds. The molecule has 0 saturated heterocycles. The lowest BCUT2D eigenvalue weighted by Gasteiger charge is -2.21. The van der Waals surface area contributed by atoms with Gasteiger partial charge in [0.05, 0.1) is 0 Å². The lowest BCUT2D eigenvalue weighted by molar-refractivity contribution is 0.406. The lowest BCUT2D eigenvalue weighted by Crippen LogP contribution is -2.07. The third kappa shape index (κ3) is 4.58. The Morgan fingerprint density at radius 2 is 1.50 bits per heavy atom. The van der Waals surface area contributed by atoms with Crippen LogP contribution in [0.4, 0.5) is 0 Å². The summed E-state index contributed by atoms with van der Waals surface area (Å²) in [5.41, 5.74) is 3.56. The highest BCUT2D eigenvalue weighted by atomic mass is 14.2. The summed E-state index contributed by atoms with van der Waals surface area (Å²) in [5, 5.41) is 0. The first-order valence-electron chi connectivity index (χ1n) is 4.90. The van der Waals surface area contributed by atoms with E-state index in [1.807, 2.05) is 0 Å². The van der Waals surface area contributed by atoms with Crippen LogP contribution >= 0.6 is 0 Å². The predicted octanol–water partition coefficient (Wildman–Crippen LogP) is 4.42. The van der Waals surface area contributed by atoms with E-state index >= 15 is 0 Å². The smallest absolute Gasteiger partial charge is 0.0260 e. The summed E-state index contributed by atoms with van der Waals surface area (Å²) in [4.78, 5) is 0. The minimum atomic E-state index is 0.431. The molecular formula is C12H24. The molecule has 0 aromatic rings. The highest BCUT2D eigenvalue weighted by molar-refractivity contribution is 5.12. The Bertz CT molecular complexity index is 165. The fraction of sp³-hybridized carbons (Fsp3) is 0.833. The Labute approximate surface area is 78.1 Å². The summed E-state index contributed by atoms with van der Waals surface area (Å²) in [6, 6.07) is 0. The second-order valence-electron chi connectivity index (χ2n) is 5.36. The fourth-order valence-corrected chi connectivity index (χ4v) is 1.43. The van der Waals surface area contributed by atoms with Crippen LogP contribution in [0.3, 0.4) is 0 Å². The molecule has 0 aliphatic carbocycles. The molecular weight excluding hydrogens is 144 g/mol. The van der Waals surface area contributed by atoms with E-state index in [2.05, 4.69) is 48.5 Å². The van der Waals surface area contributed by atoms with E-state index in [-0.39, 0.29) is 0 Å². The van der Waals surface area contributed by atoms with Crippen molar-refractivity contribution in [1.82, 2.24) is 0 Å². The van der Waals surface area contributed by atoms with Crippen molar-refractivity contribution in [2.24, 2.45) is 11.3 Å². The highest BCUT2D eigenvalue weighted by Gasteiger charge is 2.12. The van der Waals surface area contributed by atoms with Crippen LogP contribution in [0.2, 0.25) is 0 Å². The molecule has 0 heterocycles.